The van der Waals surface area contributed by atoms with Gasteiger partial charge in [-0.2, -0.15) is 0 Å². The molecule has 3 aromatic rings. The van der Waals surface area contributed by atoms with Crippen LogP contribution in [0.3, 0.4) is 0 Å². The average Bonchev–Trinajstić information content (AvgIpc) is 2.89. The van der Waals surface area contributed by atoms with E-state index < -0.39 is 36.0 Å². The number of carbonyl (C=O) groups is 4. The van der Waals surface area contributed by atoms with Gasteiger partial charge in [0.25, 0.3) is 5.91 Å². The molecule has 0 spiro atoms. The van der Waals surface area contributed by atoms with Gasteiger partial charge in [-0.3, -0.25) is 4.79 Å². The van der Waals surface area contributed by atoms with E-state index in [2.05, 4.69) is 5.32 Å². The Hall–Kier alpha value is -4.66. The molecule has 0 aliphatic rings. The topological polar surface area (TPSA) is 128 Å². The van der Waals surface area contributed by atoms with Crippen molar-refractivity contribution >= 4 is 23.8 Å². The van der Waals surface area contributed by atoms with E-state index in [4.69, 9.17) is 14.2 Å². The first kappa shape index (κ1) is 25.0. The lowest BCUT2D eigenvalue weighted by molar-refractivity contribution is -0.159. The SMILES string of the molecule is COc1ccccc1CNC(=O)[C@@H](OC(=O)c1ccccc1)[C@H](OC(=O)c1ccccc1)C(=O)O. The maximum Gasteiger partial charge on any atom is 0.349 e. The van der Waals surface area contributed by atoms with Gasteiger partial charge in [0.05, 0.1) is 18.2 Å². The molecule has 0 aliphatic carbocycles. The predicted molar refractivity (Wildman–Crippen MR) is 124 cm³/mol. The molecule has 0 heterocycles. The molecule has 3 rings (SSSR count). The van der Waals surface area contributed by atoms with E-state index in [-0.39, 0.29) is 17.7 Å². The number of esters is 2. The number of nitrogens with one attached hydrogen (secondary N) is 1. The number of hydrogen-bond acceptors (Lipinski definition) is 7. The maximum atomic E-state index is 13.1. The van der Waals surface area contributed by atoms with Crippen LogP contribution < -0.4 is 10.1 Å². The number of carboxylic acid groups (broad SMARTS) is 1. The van der Waals surface area contributed by atoms with Crippen molar-refractivity contribution in [2.75, 3.05) is 7.11 Å². The second-order valence-corrected chi connectivity index (χ2v) is 7.25. The second kappa shape index (κ2) is 12.0. The zero-order valence-corrected chi connectivity index (χ0v) is 18.7. The monoisotopic (exact) mass is 477 g/mol. The molecule has 0 unspecified atom stereocenters. The highest BCUT2D eigenvalue weighted by molar-refractivity contribution is 5.96. The van der Waals surface area contributed by atoms with Gasteiger partial charge in [-0.25, -0.2) is 14.4 Å². The van der Waals surface area contributed by atoms with Crippen LogP contribution in [0, 0.1) is 0 Å². The van der Waals surface area contributed by atoms with Gasteiger partial charge in [-0.1, -0.05) is 54.6 Å². The minimum absolute atomic E-state index is 0.0544. The Balaban J connectivity index is 1.85. The predicted octanol–water partition coefficient (Wildman–Crippen LogP) is 2.85. The van der Waals surface area contributed by atoms with E-state index in [1.807, 2.05) is 0 Å². The molecule has 0 aromatic heterocycles. The summed E-state index contributed by atoms with van der Waals surface area (Å²) in [5.74, 6) is -4.07. The molecule has 3 aromatic carbocycles. The standard InChI is InChI=1S/C26H23NO8/c1-33-20-15-9-8-14-19(20)16-27-23(28)21(34-25(31)17-10-4-2-5-11-17)22(24(29)30)35-26(32)18-12-6-3-7-13-18/h2-15,21-22H,16H2,1H3,(H,27,28)(H,29,30)/t21-,22-/m0/s1. The van der Waals surface area contributed by atoms with Crippen molar-refractivity contribution in [1.82, 2.24) is 5.32 Å². The molecular formula is C26H23NO8. The van der Waals surface area contributed by atoms with Gasteiger partial charge >= 0.3 is 17.9 Å². The molecule has 0 saturated carbocycles. The van der Waals surface area contributed by atoms with Gasteiger partial charge in [0, 0.05) is 12.1 Å². The molecule has 2 atom stereocenters. The zero-order valence-electron chi connectivity index (χ0n) is 18.7. The molecule has 1 amide bonds. The van der Waals surface area contributed by atoms with Crippen LogP contribution in [0.4, 0.5) is 0 Å². The molecule has 0 radical (unpaired) electrons. The van der Waals surface area contributed by atoms with Crippen molar-refractivity contribution < 1.29 is 38.5 Å². The number of carbonyl (C=O) groups excluding carboxylic acids is 3. The molecule has 0 saturated heterocycles. The lowest BCUT2D eigenvalue weighted by Crippen LogP contribution is -2.50. The number of methoxy groups -OCH3 is 1. The Morgan fingerprint density at radius 2 is 1.23 bits per heavy atom. The quantitative estimate of drug-likeness (QED) is 0.427. The molecule has 0 bridgehead atoms. The van der Waals surface area contributed by atoms with Gasteiger partial charge in [0.15, 0.2) is 0 Å². The fourth-order valence-electron chi connectivity index (χ4n) is 3.14. The number of carboxylic acids is 1. The van der Waals surface area contributed by atoms with E-state index in [1.165, 1.54) is 31.4 Å². The lowest BCUT2D eigenvalue weighted by Gasteiger charge is -2.23. The van der Waals surface area contributed by atoms with Crippen molar-refractivity contribution in [2.45, 2.75) is 18.8 Å². The first-order valence-corrected chi connectivity index (χ1v) is 10.5. The summed E-state index contributed by atoms with van der Waals surface area (Å²) in [7, 11) is 1.47. The molecule has 35 heavy (non-hydrogen) atoms. The van der Waals surface area contributed by atoms with Crippen LogP contribution in [0.25, 0.3) is 0 Å². The van der Waals surface area contributed by atoms with Crippen LogP contribution in [0.15, 0.2) is 84.9 Å². The summed E-state index contributed by atoms with van der Waals surface area (Å²) in [5, 5.41) is 12.3. The van der Waals surface area contributed by atoms with E-state index in [0.717, 1.165) is 0 Å². The lowest BCUT2D eigenvalue weighted by atomic mass is 10.1. The first-order chi connectivity index (χ1) is 16.9. The number of hydrogen-bond donors (Lipinski definition) is 2. The van der Waals surface area contributed by atoms with E-state index >= 15 is 0 Å². The van der Waals surface area contributed by atoms with Crippen molar-refractivity contribution in [1.29, 1.82) is 0 Å². The van der Waals surface area contributed by atoms with Crippen molar-refractivity contribution in [3.8, 4) is 5.75 Å². The van der Waals surface area contributed by atoms with E-state index in [1.54, 1.807) is 60.7 Å². The highest BCUT2D eigenvalue weighted by Gasteiger charge is 2.40. The largest absolute Gasteiger partial charge is 0.496 e. The summed E-state index contributed by atoms with van der Waals surface area (Å²) in [6.45, 7) is -0.0544. The van der Waals surface area contributed by atoms with Crippen LogP contribution in [0.1, 0.15) is 26.3 Å². The summed E-state index contributed by atoms with van der Waals surface area (Å²) in [4.78, 5) is 50.3. The summed E-state index contributed by atoms with van der Waals surface area (Å²) >= 11 is 0. The number of para-hydroxylation sites is 1. The molecule has 0 fully saturated rings. The van der Waals surface area contributed by atoms with Crippen molar-refractivity contribution in [3.05, 3.63) is 102 Å². The fourth-order valence-corrected chi connectivity index (χ4v) is 3.14. The van der Waals surface area contributed by atoms with E-state index in [0.29, 0.717) is 11.3 Å². The van der Waals surface area contributed by atoms with Crippen LogP contribution in [-0.4, -0.2) is 48.2 Å². The highest BCUT2D eigenvalue weighted by atomic mass is 16.6. The average molecular weight is 477 g/mol. The summed E-state index contributed by atoms with van der Waals surface area (Å²) in [6.07, 6.45) is -4.07. The van der Waals surface area contributed by atoms with Crippen LogP contribution in [0.2, 0.25) is 0 Å². The molecule has 180 valence electrons. The minimum atomic E-state index is -2.10. The zero-order chi connectivity index (χ0) is 25.2. The van der Waals surface area contributed by atoms with Gasteiger partial charge < -0.3 is 24.6 Å². The van der Waals surface area contributed by atoms with Crippen molar-refractivity contribution in [2.24, 2.45) is 0 Å². The third-order valence-electron chi connectivity index (χ3n) is 4.91. The molecule has 0 aliphatic heterocycles. The molecule has 9 nitrogen and oxygen atoms in total. The molecule has 2 N–H and O–H groups in total. The number of ether oxygens (including phenoxy) is 3. The molecule has 9 heteroatoms. The van der Waals surface area contributed by atoms with Crippen LogP contribution in [0.5, 0.6) is 5.75 Å². The summed E-state index contributed by atoms with van der Waals surface area (Å²) in [6, 6.07) is 22.3. The van der Waals surface area contributed by atoms with E-state index in [9.17, 15) is 24.3 Å². The first-order valence-electron chi connectivity index (χ1n) is 10.5. The maximum absolute atomic E-state index is 13.1. The Morgan fingerprint density at radius 3 is 1.74 bits per heavy atom. The second-order valence-electron chi connectivity index (χ2n) is 7.25. The smallest absolute Gasteiger partial charge is 0.349 e. The number of aliphatic carboxylic acids is 1. The van der Waals surface area contributed by atoms with Crippen LogP contribution in [-0.2, 0) is 25.6 Å². The number of rotatable bonds is 10. The normalized spacial score (nSPS) is 12.0. The highest BCUT2D eigenvalue weighted by Crippen LogP contribution is 2.18. The summed E-state index contributed by atoms with van der Waals surface area (Å²) in [5.41, 5.74) is 0.763. The summed E-state index contributed by atoms with van der Waals surface area (Å²) < 4.78 is 15.6. The van der Waals surface area contributed by atoms with Crippen LogP contribution >= 0.6 is 0 Å². The van der Waals surface area contributed by atoms with Gasteiger partial charge in [0.2, 0.25) is 12.2 Å². The fraction of sp³-hybridized carbons (Fsp3) is 0.154. The Bertz CT molecular complexity index is 1180. The number of amides is 1. The van der Waals surface area contributed by atoms with Crippen molar-refractivity contribution in [3.63, 3.8) is 0 Å². The van der Waals surface area contributed by atoms with Gasteiger partial charge in [0.1, 0.15) is 5.75 Å². The number of benzene rings is 3. The van der Waals surface area contributed by atoms with Gasteiger partial charge in [-0.05, 0) is 30.3 Å². The Kier molecular flexibility index (Phi) is 8.55. The third-order valence-corrected chi connectivity index (χ3v) is 4.91. The minimum Gasteiger partial charge on any atom is -0.496 e. The Labute approximate surface area is 201 Å². The third kappa shape index (κ3) is 6.67. The molecular weight excluding hydrogens is 454 g/mol. The Morgan fingerprint density at radius 1 is 0.743 bits per heavy atom. The van der Waals surface area contributed by atoms with Gasteiger partial charge in [-0.15, -0.1) is 0 Å².